The van der Waals surface area contributed by atoms with E-state index in [1.165, 1.54) is 32.2 Å². The molecule has 0 fully saturated rings. The molecule has 8 nitrogen and oxygen atoms in total. The number of rotatable bonds is 5. The lowest BCUT2D eigenvalue weighted by Crippen LogP contribution is -2.10. The Morgan fingerprint density at radius 1 is 1.03 bits per heavy atom. The number of para-hydroxylation sites is 1. The van der Waals surface area contributed by atoms with Gasteiger partial charge < -0.3 is 13.9 Å². The van der Waals surface area contributed by atoms with Gasteiger partial charge in [0.15, 0.2) is 0 Å². The van der Waals surface area contributed by atoms with Gasteiger partial charge in [0, 0.05) is 36.6 Å². The van der Waals surface area contributed by atoms with Crippen molar-refractivity contribution in [3.63, 3.8) is 0 Å². The number of nitrogens with one attached hydrogen (secondary N) is 1. The molecule has 1 heterocycles. The lowest BCUT2D eigenvalue weighted by molar-refractivity contribution is -0.132. The fourth-order valence-corrected chi connectivity index (χ4v) is 3.45. The molecule has 0 aliphatic carbocycles. The predicted octanol–water partition coefficient (Wildman–Crippen LogP) is 4.90. The van der Waals surface area contributed by atoms with Crippen LogP contribution >= 0.6 is 11.6 Å². The van der Waals surface area contributed by atoms with E-state index in [1.807, 2.05) is 0 Å². The Balaban J connectivity index is 1.85. The number of hydrazone groups is 1. The number of halogens is 1. The zero-order chi connectivity index (χ0) is 23.5. The Kier molecular flexibility index (Phi) is 6.10. The van der Waals surface area contributed by atoms with Crippen LogP contribution in [0.2, 0.25) is 5.02 Å². The summed E-state index contributed by atoms with van der Waals surface area (Å²) in [6.45, 7) is 2.43. The summed E-state index contributed by atoms with van der Waals surface area (Å²) >= 11 is 5.98. The number of benzene rings is 3. The Bertz CT molecular complexity index is 1490. The summed E-state index contributed by atoms with van der Waals surface area (Å²) in [5.41, 5.74) is 4.01. The lowest BCUT2D eigenvalue weighted by Gasteiger charge is -2.10. The normalized spacial score (nSPS) is 11.1. The molecule has 0 amide bonds. The fourth-order valence-electron chi connectivity index (χ4n) is 3.26. The number of hydrogen-bond acceptors (Lipinski definition) is 8. The fraction of sp³-hybridized carbons (Fsp3) is 0.0833. The molecule has 0 saturated heterocycles. The Hall–Kier alpha value is -4.17. The van der Waals surface area contributed by atoms with Crippen molar-refractivity contribution in [2.75, 3.05) is 5.43 Å². The van der Waals surface area contributed by atoms with Gasteiger partial charge in [0.25, 0.3) is 0 Å². The van der Waals surface area contributed by atoms with Crippen LogP contribution in [-0.2, 0) is 9.59 Å². The molecule has 33 heavy (non-hydrogen) atoms. The van der Waals surface area contributed by atoms with E-state index in [1.54, 1.807) is 42.5 Å². The summed E-state index contributed by atoms with van der Waals surface area (Å²) in [6.07, 6.45) is 1.50. The standard InChI is InChI=1S/C24H17ClN2O6/c1-13(28)31-18-10-20(32-14(2)29)22-21(11-18)33-24-15(5-3-8-19(24)23(22)30)12-26-27-17-7-4-6-16(25)9-17/h3-12,27H,1-2H3/b26-12-. The Morgan fingerprint density at radius 2 is 1.79 bits per heavy atom. The molecule has 0 radical (unpaired) electrons. The second kappa shape index (κ2) is 9.13. The van der Waals surface area contributed by atoms with Crippen LogP contribution in [0, 0.1) is 0 Å². The quantitative estimate of drug-likeness (QED) is 0.147. The highest BCUT2D eigenvalue weighted by molar-refractivity contribution is 6.30. The molecule has 0 atom stereocenters. The number of anilines is 1. The summed E-state index contributed by atoms with van der Waals surface area (Å²) in [4.78, 5) is 36.3. The topological polar surface area (TPSA) is 107 Å². The summed E-state index contributed by atoms with van der Waals surface area (Å²) in [5, 5.41) is 5.07. The van der Waals surface area contributed by atoms with Crippen molar-refractivity contribution in [2.45, 2.75) is 13.8 Å². The van der Waals surface area contributed by atoms with Crippen molar-refractivity contribution in [2.24, 2.45) is 5.10 Å². The molecule has 166 valence electrons. The first-order chi connectivity index (χ1) is 15.8. The highest BCUT2D eigenvalue weighted by atomic mass is 35.5. The van der Waals surface area contributed by atoms with Crippen LogP contribution in [-0.4, -0.2) is 18.2 Å². The third-order valence-corrected chi connectivity index (χ3v) is 4.74. The highest BCUT2D eigenvalue weighted by Crippen LogP contribution is 2.32. The van der Waals surface area contributed by atoms with E-state index >= 15 is 0 Å². The second-order valence-corrected chi connectivity index (χ2v) is 7.45. The first-order valence-corrected chi connectivity index (χ1v) is 10.1. The molecule has 1 aromatic heterocycles. The number of ether oxygens (including phenoxy) is 2. The maximum absolute atomic E-state index is 13.3. The summed E-state index contributed by atoms with van der Waals surface area (Å²) in [7, 11) is 0. The molecule has 3 aromatic carbocycles. The van der Waals surface area contributed by atoms with E-state index in [9.17, 15) is 14.4 Å². The van der Waals surface area contributed by atoms with Crippen LogP contribution < -0.4 is 20.3 Å². The van der Waals surface area contributed by atoms with Gasteiger partial charge in [0.1, 0.15) is 28.1 Å². The minimum absolute atomic E-state index is 0.0553. The maximum atomic E-state index is 13.3. The van der Waals surface area contributed by atoms with Crippen molar-refractivity contribution in [3.8, 4) is 11.5 Å². The molecule has 9 heteroatoms. The largest absolute Gasteiger partial charge is 0.455 e. The van der Waals surface area contributed by atoms with Crippen LogP contribution in [0.25, 0.3) is 21.9 Å². The third kappa shape index (κ3) is 4.86. The molecule has 0 unspecified atom stereocenters. The molecule has 0 aliphatic heterocycles. The Morgan fingerprint density at radius 3 is 2.52 bits per heavy atom. The summed E-state index contributed by atoms with van der Waals surface area (Å²) in [6, 6.07) is 14.7. The van der Waals surface area contributed by atoms with Gasteiger partial charge in [-0.2, -0.15) is 5.10 Å². The van der Waals surface area contributed by atoms with Crippen molar-refractivity contribution in [1.29, 1.82) is 0 Å². The zero-order valence-corrected chi connectivity index (χ0v) is 18.3. The van der Waals surface area contributed by atoms with Crippen LogP contribution in [0.4, 0.5) is 5.69 Å². The van der Waals surface area contributed by atoms with Crippen LogP contribution in [0.5, 0.6) is 11.5 Å². The maximum Gasteiger partial charge on any atom is 0.308 e. The number of hydrogen-bond donors (Lipinski definition) is 1. The number of esters is 2. The van der Waals surface area contributed by atoms with E-state index in [0.29, 0.717) is 16.3 Å². The van der Waals surface area contributed by atoms with Crippen molar-refractivity contribution in [1.82, 2.24) is 0 Å². The predicted molar refractivity (Wildman–Crippen MR) is 125 cm³/mol. The summed E-state index contributed by atoms with van der Waals surface area (Å²) in [5.74, 6) is -1.20. The van der Waals surface area contributed by atoms with Crippen LogP contribution in [0.15, 0.2) is 68.9 Å². The van der Waals surface area contributed by atoms with Gasteiger partial charge in [-0.15, -0.1) is 0 Å². The molecule has 0 bridgehead atoms. The van der Waals surface area contributed by atoms with E-state index in [4.69, 9.17) is 25.5 Å². The first kappa shape index (κ1) is 22.0. The van der Waals surface area contributed by atoms with Crippen molar-refractivity contribution in [3.05, 3.63) is 75.4 Å². The van der Waals surface area contributed by atoms with Crippen LogP contribution in [0.1, 0.15) is 19.4 Å². The third-order valence-electron chi connectivity index (χ3n) is 4.51. The molecule has 4 rings (SSSR count). The average molecular weight is 465 g/mol. The van der Waals surface area contributed by atoms with Gasteiger partial charge >= 0.3 is 11.9 Å². The van der Waals surface area contributed by atoms with Gasteiger partial charge in [-0.05, 0) is 30.3 Å². The SMILES string of the molecule is CC(=O)Oc1cc(OC(C)=O)c2c(=O)c3cccc(/C=N\Nc4cccc(Cl)c4)c3oc2c1. The van der Waals surface area contributed by atoms with Gasteiger partial charge in [-0.3, -0.25) is 19.8 Å². The highest BCUT2D eigenvalue weighted by Gasteiger charge is 2.18. The molecule has 4 aromatic rings. The monoisotopic (exact) mass is 464 g/mol. The average Bonchev–Trinajstić information content (AvgIpc) is 2.73. The molecule has 0 aliphatic rings. The minimum atomic E-state index is -0.635. The molecule has 1 N–H and O–H groups in total. The number of carbonyl (C=O) groups is 2. The second-order valence-electron chi connectivity index (χ2n) is 7.02. The Labute approximate surface area is 192 Å². The van der Waals surface area contributed by atoms with Gasteiger partial charge in [-0.25, -0.2) is 0 Å². The van der Waals surface area contributed by atoms with E-state index in [0.717, 1.165) is 0 Å². The number of carbonyl (C=O) groups excluding carboxylic acids is 2. The molecular formula is C24H17ClN2O6. The van der Waals surface area contributed by atoms with Gasteiger partial charge in [0.2, 0.25) is 5.43 Å². The molecule has 0 spiro atoms. The van der Waals surface area contributed by atoms with Crippen molar-refractivity contribution < 1.29 is 23.5 Å². The number of fused-ring (bicyclic) bond motifs is 2. The van der Waals surface area contributed by atoms with Crippen molar-refractivity contribution >= 4 is 57.4 Å². The smallest absolute Gasteiger partial charge is 0.308 e. The van der Waals surface area contributed by atoms with Crippen LogP contribution in [0.3, 0.4) is 0 Å². The van der Waals surface area contributed by atoms with E-state index < -0.39 is 17.4 Å². The minimum Gasteiger partial charge on any atom is -0.455 e. The first-order valence-electron chi connectivity index (χ1n) is 9.77. The number of nitrogens with zero attached hydrogens (tertiary/aromatic N) is 1. The van der Waals surface area contributed by atoms with E-state index in [2.05, 4.69) is 10.5 Å². The van der Waals surface area contributed by atoms with E-state index in [-0.39, 0.29) is 33.4 Å². The molecular weight excluding hydrogens is 448 g/mol. The zero-order valence-electron chi connectivity index (χ0n) is 17.5. The summed E-state index contributed by atoms with van der Waals surface area (Å²) < 4.78 is 16.3. The van der Waals surface area contributed by atoms with Gasteiger partial charge in [-0.1, -0.05) is 23.7 Å². The van der Waals surface area contributed by atoms with Gasteiger partial charge in [0.05, 0.1) is 17.3 Å². The molecule has 0 saturated carbocycles. The lowest BCUT2D eigenvalue weighted by atomic mass is 10.1.